The van der Waals surface area contributed by atoms with Crippen LogP contribution in [-0.2, 0) is 10.0 Å². The van der Waals surface area contributed by atoms with Gasteiger partial charge in [0.15, 0.2) is 11.6 Å². The van der Waals surface area contributed by atoms with Crippen molar-refractivity contribution >= 4 is 36.9 Å². The van der Waals surface area contributed by atoms with Crippen LogP contribution in [0.15, 0.2) is 41.0 Å². The van der Waals surface area contributed by atoms with Crippen molar-refractivity contribution in [3.63, 3.8) is 0 Å². The molecule has 0 saturated carbocycles. The SMILES string of the molecule is CCS(=O)(=O)n1ncc2cc(Oc3ccc(F)cc3F)c(Br)cc21. The first-order valence-corrected chi connectivity index (χ1v) is 9.25. The summed E-state index contributed by atoms with van der Waals surface area (Å²) >= 11 is 3.26. The second-order valence-corrected chi connectivity index (χ2v) is 7.85. The largest absolute Gasteiger partial charge is 0.453 e. The zero-order chi connectivity index (χ0) is 17.5. The van der Waals surface area contributed by atoms with Crippen molar-refractivity contribution in [1.29, 1.82) is 0 Å². The minimum absolute atomic E-state index is 0.0968. The molecule has 0 saturated heterocycles. The van der Waals surface area contributed by atoms with Gasteiger partial charge in [0.1, 0.15) is 11.6 Å². The van der Waals surface area contributed by atoms with Gasteiger partial charge in [0.25, 0.3) is 10.0 Å². The molecule has 0 bridgehead atoms. The van der Waals surface area contributed by atoms with Gasteiger partial charge in [-0.3, -0.25) is 0 Å². The van der Waals surface area contributed by atoms with Crippen LogP contribution >= 0.6 is 15.9 Å². The Morgan fingerprint density at radius 1 is 1.21 bits per heavy atom. The summed E-state index contributed by atoms with van der Waals surface area (Å²) in [6, 6.07) is 6.01. The fourth-order valence-corrected chi connectivity index (χ4v) is 3.41. The second kappa shape index (κ2) is 6.14. The Hall–Kier alpha value is -2.00. The highest BCUT2D eigenvalue weighted by atomic mass is 79.9. The number of aromatic nitrogens is 2. The number of hydrogen-bond acceptors (Lipinski definition) is 4. The van der Waals surface area contributed by atoms with Gasteiger partial charge in [0.2, 0.25) is 0 Å². The van der Waals surface area contributed by atoms with Crippen molar-refractivity contribution in [3.8, 4) is 11.5 Å². The quantitative estimate of drug-likeness (QED) is 0.642. The first-order chi connectivity index (χ1) is 11.3. The fraction of sp³-hybridized carbons (Fsp3) is 0.133. The predicted octanol–water partition coefficient (Wildman–Crippen LogP) is 4.07. The molecule has 0 unspecified atom stereocenters. The minimum Gasteiger partial charge on any atom is -0.453 e. The van der Waals surface area contributed by atoms with Crippen LogP contribution in [0.3, 0.4) is 0 Å². The molecular formula is C15H11BrF2N2O3S. The molecule has 0 N–H and O–H groups in total. The molecular weight excluding hydrogens is 406 g/mol. The van der Waals surface area contributed by atoms with Crippen LogP contribution in [0.1, 0.15) is 6.92 Å². The number of nitrogens with zero attached hydrogens (tertiary/aromatic N) is 2. The third-order valence-electron chi connectivity index (χ3n) is 3.33. The number of ether oxygens (including phenoxy) is 1. The van der Waals surface area contributed by atoms with E-state index in [1.807, 2.05) is 0 Å². The summed E-state index contributed by atoms with van der Waals surface area (Å²) in [5, 5.41) is 4.39. The first-order valence-electron chi connectivity index (χ1n) is 6.85. The molecule has 0 amide bonds. The third-order valence-corrected chi connectivity index (χ3v) is 5.50. The fourth-order valence-electron chi connectivity index (χ4n) is 2.10. The number of halogens is 3. The van der Waals surface area contributed by atoms with Crippen LogP contribution in [-0.4, -0.2) is 23.4 Å². The first kappa shape index (κ1) is 16.8. The lowest BCUT2D eigenvalue weighted by molar-refractivity contribution is 0.436. The van der Waals surface area contributed by atoms with Crippen LogP contribution in [0.5, 0.6) is 11.5 Å². The molecule has 3 rings (SSSR count). The summed E-state index contributed by atoms with van der Waals surface area (Å²) in [5.41, 5.74) is 0.371. The van der Waals surface area contributed by atoms with E-state index < -0.39 is 21.7 Å². The lowest BCUT2D eigenvalue weighted by Crippen LogP contribution is -2.15. The Morgan fingerprint density at radius 2 is 1.96 bits per heavy atom. The highest BCUT2D eigenvalue weighted by Gasteiger charge is 2.18. The van der Waals surface area contributed by atoms with E-state index in [-0.39, 0.29) is 17.3 Å². The average Bonchev–Trinajstić information content (AvgIpc) is 2.93. The van der Waals surface area contributed by atoms with Gasteiger partial charge in [0.05, 0.1) is 21.9 Å². The van der Waals surface area contributed by atoms with Crippen molar-refractivity contribution in [1.82, 2.24) is 9.19 Å². The standard InChI is InChI=1S/C15H11BrF2N2O3S/c1-2-24(21,22)20-13-7-11(16)15(5-9(13)8-19-20)23-14-4-3-10(17)6-12(14)18/h3-8H,2H2,1H3. The zero-order valence-corrected chi connectivity index (χ0v) is 14.7. The number of rotatable bonds is 4. The summed E-state index contributed by atoms with van der Waals surface area (Å²) in [4.78, 5) is 0. The summed E-state index contributed by atoms with van der Waals surface area (Å²) in [5.74, 6) is -1.54. The summed E-state index contributed by atoms with van der Waals surface area (Å²) < 4.78 is 57.5. The summed E-state index contributed by atoms with van der Waals surface area (Å²) in [6.45, 7) is 1.52. The van der Waals surface area contributed by atoms with Gasteiger partial charge in [0, 0.05) is 11.5 Å². The molecule has 0 aliphatic heterocycles. The van der Waals surface area contributed by atoms with Crippen molar-refractivity contribution in [2.45, 2.75) is 6.92 Å². The van der Waals surface area contributed by atoms with Gasteiger partial charge in [-0.15, -0.1) is 0 Å². The number of fused-ring (bicyclic) bond motifs is 1. The van der Waals surface area contributed by atoms with Crippen LogP contribution in [0.25, 0.3) is 10.9 Å². The molecule has 3 aromatic rings. The van der Waals surface area contributed by atoms with Gasteiger partial charge in [-0.05, 0) is 47.1 Å². The Kier molecular flexibility index (Phi) is 4.31. The van der Waals surface area contributed by atoms with Gasteiger partial charge in [-0.2, -0.15) is 9.19 Å². The summed E-state index contributed by atoms with van der Waals surface area (Å²) in [7, 11) is -3.54. The maximum absolute atomic E-state index is 13.7. The van der Waals surface area contributed by atoms with E-state index in [1.54, 1.807) is 0 Å². The Balaban J connectivity index is 2.06. The van der Waals surface area contributed by atoms with Crippen LogP contribution < -0.4 is 4.74 Å². The lowest BCUT2D eigenvalue weighted by atomic mass is 10.2. The highest BCUT2D eigenvalue weighted by Crippen LogP contribution is 2.35. The molecule has 0 radical (unpaired) electrons. The smallest absolute Gasteiger partial charge is 0.254 e. The molecule has 1 aromatic heterocycles. The van der Waals surface area contributed by atoms with E-state index >= 15 is 0 Å². The Labute approximate surface area is 145 Å². The van der Waals surface area contributed by atoms with E-state index in [0.29, 0.717) is 21.4 Å². The minimum atomic E-state index is -3.54. The van der Waals surface area contributed by atoms with E-state index in [2.05, 4.69) is 21.0 Å². The maximum atomic E-state index is 13.7. The van der Waals surface area contributed by atoms with Crippen molar-refractivity contribution in [3.05, 3.63) is 52.6 Å². The number of hydrogen-bond donors (Lipinski definition) is 0. The molecule has 5 nitrogen and oxygen atoms in total. The molecule has 0 spiro atoms. The Morgan fingerprint density at radius 3 is 2.62 bits per heavy atom. The lowest BCUT2D eigenvalue weighted by Gasteiger charge is -2.10. The van der Waals surface area contributed by atoms with E-state index in [4.69, 9.17) is 4.74 Å². The molecule has 2 aromatic carbocycles. The second-order valence-electron chi connectivity index (χ2n) is 4.91. The van der Waals surface area contributed by atoms with Crippen LogP contribution in [0.2, 0.25) is 0 Å². The maximum Gasteiger partial charge on any atom is 0.254 e. The van der Waals surface area contributed by atoms with Crippen LogP contribution in [0, 0.1) is 11.6 Å². The number of benzene rings is 2. The average molecular weight is 417 g/mol. The van der Waals surface area contributed by atoms with Gasteiger partial charge >= 0.3 is 0 Å². The van der Waals surface area contributed by atoms with Crippen molar-refractivity contribution < 1.29 is 21.9 Å². The van der Waals surface area contributed by atoms with Crippen molar-refractivity contribution in [2.75, 3.05) is 5.75 Å². The van der Waals surface area contributed by atoms with E-state index in [9.17, 15) is 17.2 Å². The normalized spacial score (nSPS) is 11.8. The molecule has 0 aliphatic rings. The van der Waals surface area contributed by atoms with E-state index in [0.717, 1.165) is 10.2 Å². The third kappa shape index (κ3) is 3.01. The van der Waals surface area contributed by atoms with Gasteiger partial charge < -0.3 is 4.74 Å². The molecule has 1 heterocycles. The van der Waals surface area contributed by atoms with E-state index in [1.165, 1.54) is 31.3 Å². The van der Waals surface area contributed by atoms with Crippen LogP contribution in [0.4, 0.5) is 8.78 Å². The summed E-state index contributed by atoms with van der Waals surface area (Å²) in [6.07, 6.45) is 1.38. The molecule has 0 fully saturated rings. The van der Waals surface area contributed by atoms with Gasteiger partial charge in [-0.25, -0.2) is 17.2 Å². The molecule has 24 heavy (non-hydrogen) atoms. The molecule has 126 valence electrons. The molecule has 9 heteroatoms. The Bertz CT molecular complexity index is 1030. The zero-order valence-electron chi connectivity index (χ0n) is 12.3. The monoisotopic (exact) mass is 416 g/mol. The topological polar surface area (TPSA) is 61.2 Å². The van der Waals surface area contributed by atoms with Gasteiger partial charge in [-0.1, -0.05) is 0 Å². The molecule has 0 atom stereocenters. The predicted molar refractivity (Wildman–Crippen MR) is 88.7 cm³/mol. The highest BCUT2D eigenvalue weighted by molar-refractivity contribution is 9.10. The van der Waals surface area contributed by atoms with Crippen molar-refractivity contribution in [2.24, 2.45) is 0 Å². The molecule has 0 aliphatic carbocycles.